The second-order valence-corrected chi connectivity index (χ2v) is 4.79. The highest BCUT2D eigenvalue weighted by atomic mass is 79.9. The predicted molar refractivity (Wildman–Crippen MR) is 67.9 cm³/mol. The average Bonchev–Trinajstić information content (AvgIpc) is 2.78. The van der Waals surface area contributed by atoms with Crippen LogP contribution in [0.3, 0.4) is 0 Å². The molecule has 2 aromatic rings. The Kier molecular flexibility index (Phi) is 3.91. The lowest BCUT2D eigenvalue weighted by Crippen LogP contribution is -2.18. The van der Waals surface area contributed by atoms with Crippen LogP contribution < -0.4 is 5.32 Å². The molecule has 2 rings (SSSR count). The van der Waals surface area contributed by atoms with Crippen molar-refractivity contribution in [3.05, 3.63) is 52.0 Å². The second kappa shape index (κ2) is 5.42. The number of hydrogen-bond donors (Lipinski definition) is 2. The van der Waals surface area contributed by atoms with E-state index in [-0.39, 0.29) is 11.9 Å². The average molecular weight is 298 g/mol. The van der Waals surface area contributed by atoms with E-state index in [9.17, 15) is 4.39 Å². The topological polar surface area (TPSA) is 40.7 Å². The second-order valence-electron chi connectivity index (χ2n) is 3.87. The lowest BCUT2D eigenvalue weighted by molar-refractivity contribution is 0.528. The number of nitrogens with one attached hydrogen (secondary N) is 2. The maximum absolute atomic E-state index is 13.7. The molecule has 1 aromatic heterocycles. The van der Waals surface area contributed by atoms with Crippen LogP contribution >= 0.6 is 15.9 Å². The normalized spacial score (nSPS) is 12.6. The van der Waals surface area contributed by atoms with Crippen molar-refractivity contribution in [2.75, 3.05) is 0 Å². The maximum atomic E-state index is 13.7. The van der Waals surface area contributed by atoms with Crippen LogP contribution in [0.5, 0.6) is 0 Å². The summed E-state index contributed by atoms with van der Waals surface area (Å²) >= 11 is 3.24. The first-order valence-electron chi connectivity index (χ1n) is 5.33. The number of aromatic nitrogens is 2. The van der Waals surface area contributed by atoms with Crippen LogP contribution in [0.15, 0.2) is 35.1 Å². The summed E-state index contributed by atoms with van der Waals surface area (Å²) in [5, 5.41) is 9.84. The van der Waals surface area contributed by atoms with Crippen LogP contribution in [-0.4, -0.2) is 10.2 Å². The monoisotopic (exact) mass is 297 g/mol. The Morgan fingerprint density at radius 3 is 3.00 bits per heavy atom. The fourth-order valence-electron chi connectivity index (χ4n) is 1.61. The first-order chi connectivity index (χ1) is 8.16. The van der Waals surface area contributed by atoms with Crippen molar-refractivity contribution >= 4 is 15.9 Å². The molecule has 1 aromatic carbocycles. The Labute approximate surface area is 108 Å². The first-order valence-corrected chi connectivity index (χ1v) is 6.12. The molecule has 0 spiro atoms. The quantitative estimate of drug-likeness (QED) is 0.910. The zero-order chi connectivity index (χ0) is 12.3. The van der Waals surface area contributed by atoms with Crippen molar-refractivity contribution in [1.29, 1.82) is 0 Å². The van der Waals surface area contributed by atoms with E-state index in [0.29, 0.717) is 12.1 Å². The third kappa shape index (κ3) is 3.14. The van der Waals surface area contributed by atoms with Gasteiger partial charge in [-0.25, -0.2) is 4.39 Å². The minimum Gasteiger partial charge on any atom is -0.306 e. The van der Waals surface area contributed by atoms with Crippen LogP contribution in [0.1, 0.15) is 24.1 Å². The third-order valence-corrected chi connectivity index (χ3v) is 3.09. The summed E-state index contributed by atoms with van der Waals surface area (Å²) in [6.45, 7) is 2.60. The first kappa shape index (κ1) is 12.3. The van der Waals surface area contributed by atoms with E-state index in [2.05, 4.69) is 31.4 Å². The van der Waals surface area contributed by atoms with Gasteiger partial charge < -0.3 is 5.32 Å². The van der Waals surface area contributed by atoms with Crippen LogP contribution in [0.25, 0.3) is 0 Å². The predicted octanol–water partition coefficient (Wildman–Crippen LogP) is 3.16. The fraction of sp³-hybridized carbons (Fsp3) is 0.250. The number of H-pyrrole nitrogens is 1. The van der Waals surface area contributed by atoms with Gasteiger partial charge in [0, 0.05) is 34.4 Å². The molecule has 0 aliphatic heterocycles. The Morgan fingerprint density at radius 2 is 2.35 bits per heavy atom. The summed E-state index contributed by atoms with van der Waals surface area (Å²) < 4.78 is 14.4. The number of hydrogen-bond acceptors (Lipinski definition) is 2. The molecule has 90 valence electrons. The number of aromatic amines is 1. The van der Waals surface area contributed by atoms with E-state index in [1.807, 2.05) is 19.2 Å². The van der Waals surface area contributed by atoms with Gasteiger partial charge in [0.05, 0.1) is 6.20 Å². The number of benzene rings is 1. The van der Waals surface area contributed by atoms with E-state index in [4.69, 9.17) is 0 Å². The molecular weight excluding hydrogens is 285 g/mol. The fourth-order valence-corrected chi connectivity index (χ4v) is 1.94. The summed E-state index contributed by atoms with van der Waals surface area (Å²) in [6, 6.07) is 5.06. The summed E-state index contributed by atoms with van der Waals surface area (Å²) in [5.74, 6) is -0.202. The van der Waals surface area contributed by atoms with Gasteiger partial charge >= 0.3 is 0 Å². The van der Waals surface area contributed by atoms with E-state index in [1.54, 1.807) is 12.3 Å². The van der Waals surface area contributed by atoms with Crippen molar-refractivity contribution in [3.8, 4) is 0 Å². The smallest absolute Gasteiger partial charge is 0.129 e. The molecule has 0 aliphatic carbocycles. The van der Waals surface area contributed by atoms with Gasteiger partial charge in [-0.1, -0.05) is 22.0 Å². The molecule has 0 fully saturated rings. The van der Waals surface area contributed by atoms with Crippen molar-refractivity contribution in [1.82, 2.24) is 15.5 Å². The molecule has 0 radical (unpaired) electrons. The molecule has 1 heterocycles. The highest BCUT2D eigenvalue weighted by Crippen LogP contribution is 2.21. The van der Waals surface area contributed by atoms with Gasteiger partial charge in [0.1, 0.15) is 5.82 Å². The highest BCUT2D eigenvalue weighted by Gasteiger charge is 2.10. The van der Waals surface area contributed by atoms with Crippen LogP contribution in [0.4, 0.5) is 4.39 Å². The zero-order valence-corrected chi connectivity index (χ0v) is 11.0. The van der Waals surface area contributed by atoms with Crippen molar-refractivity contribution in [2.24, 2.45) is 0 Å². The van der Waals surface area contributed by atoms with Gasteiger partial charge in [0.25, 0.3) is 0 Å². The molecular formula is C12H13BrFN3. The van der Waals surface area contributed by atoms with Crippen LogP contribution in [0.2, 0.25) is 0 Å². The Bertz CT molecular complexity index is 485. The molecule has 0 saturated carbocycles. The maximum Gasteiger partial charge on any atom is 0.129 e. The number of halogens is 2. The van der Waals surface area contributed by atoms with Crippen LogP contribution in [-0.2, 0) is 6.54 Å². The summed E-state index contributed by atoms with van der Waals surface area (Å²) in [7, 11) is 0. The van der Waals surface area contributed by atoms with Gasteiger partial charge in [-0.3, -0.25) is 5.10 Å². The molecule has 17 heavy (non-hydrogen) atoms. The summed E-state index contributed by atoms with van der Waals surface area (Å²) in [5.41, 5.74) is 1.71. The van der Waals surface area contributed by atoms with Gasteiger partial charge in [0.15, 0.2) is 0 Å². The van der Waals surface area contributed by atoms with Gasteiger partial charge in [-0.05, 0) is 19.1 Å². The zero-order valence-electron chi connectivity index (χ0n) is 9.37. The Morgan fingerprint density at radius 1 is 1.53 bits per heavy atom. The number of nitrogens with zero attached hydrogens (tertiary/aromatic N) is 1. The molecule has 0 amide bonds. The Balaban J connectivity index is 2.01. The third-order valence-electron chi connectivity index (χ3n) is 2.60. The minimum atomic E-state index is -0.202. The lowest BCUT2D eigenvalue weighted by atomic mass is 10.1. The molecule has 2 N–H and O–H groups in total. The van der Waals surface area contributed by atoms with E-state index >= 15 is 0 Å². The van der Waals surface area contributed by atoms with Gasteiger partial charge in [-0.15, -0.1) is 0 Å². The van der Waals surface area contributed by atoms with E-state index in [1.165, 1.54) is 6.07 Å². The molecule has 0 bridgehead atoms. The van der Waals surface area contributed by atoms with Crippen molar-refractivity contribution < 1.29 is 4.39 Å². The van der Waals surface area contributed by atoms with Crippen molar-refractivity contribution in [3.63, 3.8) is 0 Å². The van der Waals surface area contributed by atoms with E-state index < -0.39 is 0 Å². The standard InChI is InChI=1S/C12H13BrFN3/c1-8(15-5-9-6-16-17-7-9)11-3-2-10(13)4-12(11)14/h2-4,6-8,15H,5H2,1H3,(H,16,17). The summed E-state index contributed by atoms with van der Waals surface area (Å²) in [4.78, 5) is 0. The lowest BCUT2D eigenvalue weighted by Gasteiger charge is -2.14. The SMILES string of the molecule is CC(NCc1cn[nH]c1)c1ccc(Br)cc1F. The van der Waals surface area contributed by atoms with Crippen molar-refractivity contribution in [2.45, 2.75) is 19.5 Å². The summed E-state index contributed by atoms with van der Waals surface area (Å²) in [6.07, 6.45) is 3.56. The van der Waals surface area contributed by atoms with E-state index in [0.717, 1.165) is 10.0 Å². The minimum absolute atomic E-state index is 0.0435. The van der Waals surface area contributed by atoms with Gasteiger partial charge in [0.2, 0.25) is 0 Å². The highest BCUT2D eigenvalue weighted by molar-refractivity contribution is 9.10. The molecule has 0 aliphatic rings. The Hall–Kier alpha value is -1.20. The largest absolute Gasteiger partial charge is 0.306 e. The van der Waals surface area contributed by atoms with Crippen LogP contribution in [0, 0.1) is 5.82 Å². The molecule has 1 atom stereocenters. The molecule has 5 heteroatoms. The molecule has 3 nitrogen and oxygen atoms in total. The number of rotatable bonds is 4. The molecule has 0 saturated heterocycles. The van der Waals surface area contributed by atoms with Gasteiger partial charge in [-0.2, -0.15) is 5.10 Å². The molecule has 1 unspecified atom stereocenters.